The van der Waals surface area contributed by atoms with E-state index in [0.717, 1.165) is 23.8 Å². The lowest BCUT2D eigenvalue weighted by atomic mass is 10.3. The number of pyridine rings is 1. The maximum absolute atomic E-state index is 5.92. The molecule has 0 aliphatic rings. The third kappa shape index (κ3) is 3.54. The number of aromatic nitrogens is 3. The molecule has 2 rings (SSSR count). The van der Waals surface area contributed by atoms with Crippen LogP contribution in [0.5, 0.6) is 0 Å². The molecule has 0 bridgehead atoms. The molecule has 2 aromatic rings. The first-order chi connectivity index (χ1) is 8.13. The van der Waals surface area contributed by atoms with E-state index in [0.29, 0.717) is 0 Å². The van der Waals surface area contributed by atoms with Crippen LogP contribution in [0.4, 0.5) is 0 Å². The van der Waals surface area contributed by atoms with Gasteiger partial charge in [0.1, 0.15) is 0 Å². The summed E-state index contributed by atoms with van der Waals surface area (Å²) in [5.41, 5.74) is 2.17. The average molecular weight is 251 g/mol. The Labute approximate surface area is 106 Å². The maximum atomic E-state index is 5.92. The van der Waals surface area contributed by atoms with Gasteiger partial charge in [-0.2, -0.15) is 5.10 Å². The summed E-state index contributed by atoms with van der Waals surface area (Å²) in [5.74, 6) is 0. The number of hydrogen-bond donors (Lipinski definition) is 0. The molecule has 0 aliphatic heterocycles. The summed E-state index contributed by atoms with van der Waals surface area (Å²) in [4.78, 5) is 6.46. The van der Waals surface area contributed by atoms with Crippen LogP contribution in [-0.2, 0) is 20.1 Å². The van der Waals surface area contributed by atoms with Gasteiger partial charge < -0.3 is 0 Å². The molecule has 5 heteroatoms. The molecular weight excluding hydrogens is 236 g/mol. The van der Waals surface area contributed by atoms with Gasteiger partial charge >= 0.3 is 0 Å². The zero-order valence-corrected chi connectivity index (χ0v) is 10.7. The average Bonchev–Trinajstić information content (AvgIpc) is 2.63. The second kappa shape index (κ2) is 5.29. The minimum Gasteiger partial charge on any atom is -0.296 e. The summed E-state index contributed by atoms with van der Waals surface area (Å²) in [6.45, 7) is 1.62. The van der Waals surface area contributed by atoms with Gasteiger partial charge in [0.2, 0.25) is 0 Å². The molecule has 0 unspecified atom stereocenters. The summed E-state index contributed by atoms with van der Waals surface area (Å²) in [5, 5.41) is 4.87. The Morgan fingerprint density at radius 3 is 2.88 bits per heavy atom. The Balaban J connectivity index is 1.95. The lowest BCUT2D eigenvalue weighted by molar-refractivity contribution is 0.315. The Kier molecular flexibility index (Phi) is 3.76. The van der Waals surface area contributed by atoms with Crippen LogP contribution < -0.4 is 0 Å². The van der Waals surface area contributed by atoms with Crippen LogP contribution in [0.3, 0.4) is 0 Å². The molecule has 0 aromatic carbocycles. The van der Waals surface area contributed by atoms with Gasteiger partial charge in [-0.3, -0.25) is 14.6 Å². The third-order valence-corrected chi connectivity index (χ3v) is 2.66. The van der Waals surface area contributed by atoms with Crippen LogP contribution >= 0.6 is 11.6 Å². The molecule has 0 saturated heterocycles. The SMILES string of the molecule is CN(Cc1cnn(C)c1)Cc1cc(Cl)ccn1. The highest BCUT2D eigenvalue weighted by Crippen LogP contribution is 2.10. The van der Waals surface area contributed by atoms with Crippen LogP contribution in [0.25, 0.3) is 0 Å². The van der Waals surface area contributed by atoms with Gasteiger partial charge in [-0.1, -0.05) is 11.6 Å². The molecule has 4 nitrogen and oxygen atoms in total. The number of hydrogen-bond acceptors (Lipinski definition) is 3. The topological polar surface area (TPSA) is 34.0 Å². The molecule has 0 fully saturated rings. The largest absolute Gasteiger partial charge is 0.296 e. The summed E-state index contributed by atoms with van der Waals surface area (Å²) < 4.78 is 1.81. The second-order valence-corrected chi connectivity index (χ2v) is 4.60. The van der Waals surface area contributed by atoms with Crippen LogP contribution in [0.2, 0.25) is 5.02 Å². The number of halogens is 1. The highest BCUT2D eigenvalue weighted by Gasteiger charge is 2.04. The van der Waals surface area contributed by atoms with Crippen molar-refractivity contribution < 1.29 is 0 Å². The maximum Gasteiger partial charge on any atom is 0.0558 e. The van der Waals surface area contributed by atoms with Crippen LogP contribution in [0.1, 0.15) is 11.3 Å². The summed E-state index contributed by atoms with van der Waals surface area (Å²) in [6.07, 6.45) is 5.62. The number of aryl methyl sites for hydroxylation is 1. The van der Waals surface area contributed by atoms with Crippen LogP contribution in [0.15, 0.2) is 30.7 Å². The van der Waals surface area contributed by atoms with Crippen molar-refractivity contribution in [3.8, 4) is 0 Å². The van der Waals surface area contributed by atoms with Gasteiger partial charge in [-0.15, -0.1) is 0 Å². The quantitative estimate of drug-likeness (QED) is 0.834. The van der Waals surface area contributed by atoms with Gasteiger partial charge in [0.25, 0.3) is 0 Å². The molecule has 0 amide bonds. The Hall–Kier alpha value is -1.39. The van der Waals surface area contributed by atoms with E-state index in [2.05, 4.69) is 22.0 Å². The van der Waals surface area contributed by atoms with E-state index in [4.69, 9.17) is 11.6 Å². The molecule has 0 radical (unpaired) electrons. The molecule has 0 saturated carbocycles. The van der Waals surface area contributed by atoms with Crippen molar-refractivity contribution in [3.05, 3.63) is 47.0 Å². The van der Waals surface area contributed by atoms with Gasteiger partial charge in [-0.05, 0) is 19.2 Å². The van der Waals surface area contributed by atoms with E-state index in [1.54, 1.807) is 16.9 Å². The first-order valence-corrected chi connectivity index (χ1v) is 5.78. The minimum absolute atomic E-state index is 0.727. The Morgan fingerprint density at radius 1 is 1.41 bits per heavy atom. The zero-order chi connectivity index (χ0) is 12.3. The highest BCUT2D eigenvalue weighted by molar-refractivity contribution is 6.30. The monoisotopic (exact) mass is 250 g/mol. The zero-order valence-electron chi connectivity index (χ0n) is 9.97. The molecule has 0 N–H and O–H groups in total. The fraction of sp³-hybridized carbons (Fsp3) is 0.333. The molecule has 0 aliphatic carbocycles. The normalized spacial score (nSPS) is 11.1. The van der Waals surface area contributed by atoms with Crippen molar-refractivity contribution in [2.24, 2.45) is 7.05 Å². The van der Waals surface area contributed by atoms with Crippen LogP contribution in [0, 0.1) is 0 Å². The lowest BCUT2D eigenvalue weighted by Crippen LogP contribution is -2.17. The predicted molar refractivity (Wildman–Crippen MR) is 67.6 cm³/mol. The minimum atomic E-state index is 0.727. The second-order valence-electron chi connectivity index (χ2n) is 4.16. The fourth-order valence-electron chi connectivity index (χ4n) is 1.73. The summed E-state index contributed by atoms with van der Waals surface area (Å²) in [6, 6.07) is 3.67. The van der Waals surface area contributed by atoms with E-state index in [9.17, 15) is 0 Å². The third-order valence-electron chi connectivity index (χ3n) is 2.42. The van der Waals surface area contributed by atoms with Crippen molar-refractivity contribution in [1.82, 2.24) is 19.7 Å². The van der Waals surface area contributed by atoms with E-state index < -0.39 is 0 Å². The van der Waals surface area contributed by atoms with E-state index in [1.165, 1.54) is 5.56 Å². The molecule has 2 aromatic heterocycles. The first kappa shape index (κ1) is 12.1. The highest BCUT2D eigenvalue weighted by atomic mass is 35.5. The molecule has 0 atom stereocenters. The molecule has 0 spiro atoms. The molecule has 2 heterocycles. The smallest absolute Gasteiger partial charge is 0.0558 e. The Morgan fingerprint density at radius 2 is 2.24 bits per heavy atom. The van der Waals surface area contributed by atoms with Gasteiger partial charge in [-0.25, -0.2) is 0 Å². The van der Waals surface area contributed by atoms with Crippen molar-refractivity contribution in [2.75, 3.05) is 7.05 Å². The van der Waals surface area contributed by atoms with E-state index >= 15 is 0 Å². The molecule has 17 heavy (non-hydrogen) atoms. The van der Waals surface area contributed by atoms with Gasteiger partial charge in [0, 0.05) is 43.1 Å². The number of rotatable bonds is 4. The van der Waals surface area contributed by atoms with E-state index in [-0.39, 0.29) is 0 Å². The van der Waals surface area contributed by atoms with Crippen molar-refractivity contribution >= 4 is 11.6 Å². The van der Waals surface area contributed by atoms with Gasteiger partial charge in [0.15, 0.2) is 0 Å². The standard InChI is InChI=1S/C12H15ClN4/c1-16(7-10-6-15-17(2)8-10)9-12-5-11(13)3-4-14-12/h3-6,8H,7,9H2,1-2H3. The predicted octanol–water partition coefficient (Wildman–Crippen LogP) is 2.10. The fourth-order valence-corrected chi connectivity index (χ4v) is 1.92. The molecule has 90 valence electrons. The molecular formula is C12H15ClN4. The van der Waals surface area contributed by atoms with Crippen molar-refractivity contribution in [2.45, 2.75) is 13.1 Å². The van der Waals surface area contributed by atoms with E-state index in [1.807, 2.05) is 25.5 Å². The lowest BCUT2D eigenvalue weighted by Gasteiger charge is -2.14. The van der Waals surface area contributed by atoms with Crippen molar-refractivity contribution in [1.29, 1.82) is 0 Å². The first-order valence-electron chi connectivity index (χ1n) is 5.40. The van der Waals surface area contributed by atoms with Crippen molar-refractivity contribution in [3.63, 3.8) is 0 Å². The summed E-state index contributed by atoms with van der Waals surface area (Å²) in [7, 11) is 3.97. The summed E-state index contributed by atoms with van der Waals surface area (Å²) >= 11 is 5.92. The van der Waals surface area contributed by atoms with Crippen LogP contribution in [-0.4, -0.2) is 26.7 Å². The number of nitrogens with zero attached hydrogens (tertiary/aromatic N) is 4. The Bertz CT molecular complexity index is 495. The van der Waals surface area contributed by atoms with Gasteiger partial charge in [0.05, 0.1) is 11.9 Å².